The first-order chi connectivity index (χ1) is 11.4. The van der Waals surface area contributed by atoms with E-state index < -0.39 is 5.41 Å². The Labute approximate surface area is 168 Å². The summed E-state index contributed by atoms with van der Waals surface area (Å²) in [7, 11) is 3.89. The minimum Gasteiger partial charge on any atom is -0.353 e. The van der Waals surface area contributed by atoms with Gasteiger partial charge in [-0.2, -0.15) is 5.10 Å². The fraction of sp³-hybridized carbons (Fsp3) is 0.688. The molecule has 0 aliphatic carbocycles. The Hall–Kier alpha value is -1.35. The quantitative estimate of drug-likeness (QED) is 0.535. The van der Waals surface area contributed by atoms with Crippen molar-refractivity contribution >= 4 is 42.3 Å². The standard InChI is InChI=1S/C16H30N6O2.2ClH/c1-5-16(6-2,12-17)15(24)20-13-9-19-22(10-13)11-14(23)18-7-8-21(3)4;;/h9-10H,5-8,11-12,17H2,1-4H3,(H,18,23)(H,20,24);2*1H. The monoisotopic (exact) mass is 410 g/mol. The number of aromatic nitrogens is 2. The first-order valence-corrected chi connectivity index (χ1v) is 8.32. The van der Waals surface area contributed by atoms with Gasteiger partial charge in [0.15, 0.2) is 0 Å². The molecule has 0 saturated heterocycles. The Kier molecular flexibility index (Phi) is 13.3. The molecule has 0 aliphatic heterocycles. The van der Waals surface area contributed by atoms with Crippen molar-refractivity contribution in [3.63, 3.8) is 0 Å². The molecule has 4 N–H and O–H groups in total. The van der Waals surface area contributed by atoms with Gasteiger partial charge in [0.2, 0.25) is 11.8 Å². The van der Waals surface area contributed by atoms with E-state index in [4.69, 9.17) is 5.73 Å². The van der Waals surface area contributed by atoms with Gasteiger partial charge >= 0.3 is 0 Å². The Bertz CT molecular complexity index is 538. The molecule has 0 radical (unpaired) electrons. The largest absolute Gasteiger partial charge is 0.353 e. The van der Waals surface area contributed by atoms with Crippen molar-refractivity contribution in [1.29, 1.82) is 0 Å². The van der Waals surface area contributed by atoms with Gasteiger partial charge in [0.25, 0.3) is 0 Å². The molecule has 0 unspecified atom stereocenters. The first kappa shape index (κ1) is 26.9. The Morgan fingerprint density at radius 3 is 2.38 bits per heavy atom. The van der Waals surface area contributed by atoms with Crippen LogP contribution in [0, 0.1) is 5.41 Å². The molecule has 1 rings (SSSR count). The van der Waals surface area contributed by atoms with Gasteiger partial charge in [-0.1, -0.05) is 13.8 Å². The predicted molar refractivity (Wildman–Crippen MR) is 109 cm³/mol. The summed E-state index contributed by atoms with van der Waals surface area (Å²) in [5, 5.41) is 9.78. The molecule has 152 valence electrons. The van der Waals surface area contributed by atoms with E-state index in [0.29, 0.717) is 31.6 Å². The number of amides is 2. The highest BCUT2D eigenvalue weighted by atomic mass is 35.5. The Morgan fingerprint density at radius 2 is 1.88 bits per heavy atom. The van der Waals surface area contributed by atoms with Gasteiger partial charge in [-0.3, -0.25) is 14.3 Å². The van der Waals surface area contributed by atoms with Gasteiger partial charge in [-0.15, -0.1) is 24.8 Å². The van der Waals surface area contributed by atoms with Gasteiger partial charge in [0.1, 0.15) is 6.54 Å². The lowest BCUT2D eigenvalue weighted by Gasteiger charge is -2.28. The molecule has 0 spiro atoms. The van der Waals surface area contributed by atoms with Crippen molar-refractivity contribution in [2.24, 2.45) is 11.1 Å². The highest BCUT2D eigenvalue weighted by molar-refractivity contribution is 5.95. The van der Waals surface area contributed by atoms with Crippen LogP contribution in [-0.2, 0) is 16.1 Å². The minimum absolute atomic E-state index is 0. The summed E-state index contributed by atoms with van der Waals surface area (Å²) in [4.78, 5) is 26.3. The molecule has 0 aromatic carbocycles. The predicted octanol–water partition coefficient (Wildman–Crippen LogP) is 1.11. The van der Waals surface area contributed by atoms with Crippen molar-refractivity contribution in [2.75, 3.05) is 39.0 Å². The van der Waals surface area contributed by atoms with E-state index >= 15 is 0 Å². The average molecular weight is 411 g/mol. The summed E-state index contributed by atoms with van der Waals surface area (Å²) >= 11 is 0. The van der Waals surface area contributed by atoms with Crippen LogP contribution >= 0.6 is 24.8 Å². The molecule has 0 aliphatic rings. The maximum Gasteiger partial charge on any atom is 0.241 e. The van der Waals surface area contributed by atoms with Crippen molar-refractivity contribution in [1.82, 2.24) is 20.0 Å². The number of carbonyl (C=O) groups excluding carboxylic acids is 2. The zero-order valence-corrected chi connectivity index (χ0v) is 17.6. The zero-order chi connectivity index (χ0) is 18.2. The molecule has 26 heavy (non-hydrogen) atoms. The van der Waals surface area contributed by atoms with Crippen molar-refractivity contribution in [3.05, 3.63) is 12.4 Å². The summed E-state index contributed by atoms with van der Waals surface area (Å²) in [6.07, 6.45) is 4.54. The Morgan fingerprint density at radius 1 is 1.27 bits per heavy atom. The molecule has 0 atom stereocenters. The third-order valence-corrected chi connectivity index (χ3v) is 4.30. The zero-order valence-electron chi connectivity index (χ0n) is 15.9. The lowest BCUT2D eigenvalue weighted by atomic mass is 9.81. The van der Waals surface area contributed by atoms with Gasteiger partial charge in [-0.25, -0.2) is 0 Å². The van der Waals surface area contributed by atoms with Crippen LogP contribution in [-0.4, -0.2) is 60.2 Å². The third-order valence-electron chi connectivity index (χ3n) is 4.30. The molecule has 0 fully saturated rings. The van der Waals surface area contributed by atoms with Gasteiger partial charge < -0.3 is 21.3 Å². The summed E-state index contributed by atoms with van der Waals surface area (Å²) in [5.41, 5.74) is 5.79. The van der Waals surface area contributed by atoms with E-state index in [1.54, 1.807) is 6.20 Å². The SMILES string of the molecule is CCC(CC)(CN)C(=O)Nc1cnn(CC(=O)NCCN(C)C)c1.Cl.Cl. The topological polar surface area (TPSA) is 105 Å². The maximum absolute atomic E-state index is 12.5. The van der Waals surface area contributed by atoms with Crippen LogP contribution in [0.15, 0.2) is 12.4 Å². The highest BCUT2D eigenvalue weighted by Crippen LogP contribution is 2.26. The number of hydrogen-bond donors (Lipinski definition) is 3. The summed E-state index contributed by atoms with van der Waals surface area (Å²) < 4.78 is 1.50. The fourth-order valence-corrected chi connectivity index (χ4v) is 2.35. The van der Waals surface area contributed by atoms with Crippen molar-refractivity contribution in [3.8, 4) is 0 Å². The number of nitrogens with zero attached hydrogens (tertiary/aromatic N) is 3. The average Bonchev–Trinajstić information content (AvgIpc) is 2.96. The number of anilines is 1. The number of halogens is 2. The Balaban J connectivity index is 0. The van der Waals surface area contributed by atoms with Crippen LogP contribution in [0.3, 0.4) is 0 Å². The second kappa shape index (κ2) is 12.9. The second-order valence-electron chi connectivity index (χ2n) is 6.23. The fourth-order valence-electron chi connectivity index (χ4n) is 2.35. The molecule has 0 saturated carbocycles. The highest BCUT2D eigenvalue weighted by Gasteiger charge is 2.33. The molecular weight excluding hydrogens is 379 g/mol. The molecule has 1 aromatic rings. The lowest BCUT2D eigenvalue weighted by Crippen LogP contribution is -2.41. The molecular formula is C16H32Cl2N6O2. The number of likely N-dealkylation sites (N-methyl/N-ethyl adjacent to an activating group) is 1. The first-order valence-electron chi connectivity index (χ1n) is 8.32. The smallest absolute Gasteiger partial charge is 0.241 e. The van der Waals surface area contributed by atoms with Gasteiger partial charge in [0.05, 0.1) is 17.3 Å². The van der Waals surface area contributed by atoms with Crippen LogP contribution in [0.2, 0.25) is 0 Å². The van der Waals surface area contributed by atoms with E-state index in [1.165, 1.54) is 10.9 Å². The number of nitrogens with one attached hydrogen (secondary N) is 2. The molecule has 2 amide bonds. The summed E-state index contributed by atoms with van der Waals surface area (Å²) in [6, 6.07) is 0. The van der Waals surface area contributed by atoms with Crippen molar-refractivity contribution < 1.29 is 9.59 Å². The van der Waals surface area contributed by atoms with Crippen LogP contribution in [0.1, 0.15) is 26.7 Å². The lowest BCUT2D eigenvalue weighted by molar-refractivity contribution is -0.125. The van der Waals surface area contributed by atoms with E-state index in [1.807, 2.05) is 32.8 Å². The van der Waals surface area contributed by atoms with E-state index in [-0.39, 0.29) is 43.2 Å². The number of nitrogens with two attached hydrogens (primary N) is 1. The molecule has 1 aromatic heterocycles. The van der Waals surface area contributed by atoms with Gasteiger partial charge in [0, 0.05) is 25.8 Å². The van der Waals surface area contributed by atoms with Crippen LogP contribution < -0.4 is 16.4 Å². The van der Waals surface area contributed by atoms with E-state index in [0.717, 1.165) is 6.54 Å². The maximum atomic E-state index is 12.5. The van der Waals surface area contributed by atoms with Gasteiger partial charge in [-0.05, 0) is 26.9 Å². The molecule has 0 bridgehead atoms. The summed E-state index contributed by atoms with van der Waals surface area (Å²) in [5.74, 6) is -0.221. The van der Waals surface area contributed by atoms with Crippen molar-refractivity contribution in [2.45, 2.75) is 33.2 Å². The number of hydrogen-bond acceptors (Lipinski definition) is 5. The van der Waals surface area contributed by atoms with E-state index in [2.05, 4.69) is 15.7 Å². The summed E-state index contributed by atoms with van der Waals surface area (Å²) in [6.45, 7) is 5.69. The second-order valence-corrected chi connectivity index (χ2v) is 6.23. The van der Waals surface area contributed by atoms with Crippen LogP contribution in [0.25, 0.3) is 0 Å². The molecule has 10 heteroatoms. The number of carbonyl (C=O) groups is 2. The van der Waals surface area contributed by atoms with E-state index in [9.17, 15) is 9.59 Å². The van der Waals surface area contributed by atoms with Crippen LogP contribution in [0.5, 0.6) is 0 Å². The molecule has 8 nitrogen and oxygen atoms in total. The number of rotatable bonds is 10. The minimum atomic E-state index is -0.564. The normalized spacial score (nSPS) is 10.7. The molecule has 1 heterocycles. The van der Waals surface area contributed by atoms with Crippen LogP contribution in [0.4, 0.5) is 5.69 Å². The third kappa shape index (κ3) is 7.90.